The van der Waals surface area contributed by atoms with Crippen molar-refractivity contribution in [1.29, 1.82) is 0 Å². The van der Waals surface area contributed by atoms with Gasteiger partial charge in [-0.2, -0.15) is 0 Å². The van der Waals surface area contributed by atoms with Crippen molar-refractivity contribution in [3.8, 4) is 11.3 Å². The maximum atomic E-state index is 13.8. The van der Waals surface area contributed by atoms with Crippen molar-refractivity contribution in [1.82, 2.24) is 15.0 Å². The third kappa shape index (κ3) is 3.10. The Morgan fingerprint density at radius 3 is 2.34 bits per heavy atom. The molecule has 0 saturated heterocycles. The van der Waals surface area contributed by atoms with Crippen LogP contribution in [0.4, 0.5) is 0 Å². The molecule has 3 aromatic rings. The molecular formula is C26H31N3O3. The Morgan fingerprint density at radius 1 is 1.09 bits per heavy atom. The van der Waals surface area contributed by atoms with Crippen LogP contribution < -0.4 is 0 Å². The summed E-state index contributed by atoms with van der Waals surface area (Å²) < 4.78 is 11.2. The minimum atomic E-state index is 0.0264. The third-order valence-electron chi connectivity index (χ3n) is 8.25. The molecule has 7 rings (SSSR count). The first-order valence-electron chi connectivity index (χ1n) is 11.9. The Kier molecular flexibility index (Phi) is 4.33. The number of carbonyl (C=O) groups is 1. The highest BCUT2D eigenvalue weighted by Gasteiger charge is 2.51. The van der Waals surface area contributed by atoms with E-state index < -0.39 is 0 Å². The van der Waals surface area contributed by atoms with Crippen LogP contribution in [0.15, 0.2) is 21.1 Å². The van der Waals surface area contributed by atoms with Crippen LogP contribution in [0.25, 0.3) is 22.4 Å². The Hall–Kier alpha value is -2.63. The molecule has 3 heterocycles. The van der Waals surface area contributed by atoms with Gasteiger partial charge < -0.3 is 13.8 Å². The highest BCUT2D eigenvalue weighted by molar-refractivity contribution is 6.07. The molecule has 6 nitrogen and oxygen atoms in total. The molecule has 32 heavy (non-hydrogen) atoms. The zero-order chi connectivity index (χ0) is 22.2. The van der Waals surface area contributed by atoms with Crippen LogP contribution in [0.1, 0.15) is 66.1 Å². The minimum absolute atomic E-state index is 0.0264. The number of amides is 1. The van der Waals surface area contributed by atoms with Gasteiger partial charge in [-0.05, 0) is 94.6 Å². The monoisotopic (exact) mass is 433 g/mol. The van der Waals surface area contributed by atoms with E-state index in [0.717, 1.165) is 41.4 Å². The zero-order valence-electron chi connectivity index (χ0n) is 19.4. The van der Waals surface area contributed by atoms with Crippen LogP contribution >= 0.6 is 0 Å². The SMILES string of the molecule is Cc1cc(-c2cc(C(=O)N(C)CC34CC5CC(CC(C5)C3)C4)c3c(C)noc3n2)c(C)o1. The second-order valence-electron chi connectivity index (χ2n) is 10.9. The maximum Gasteiger partial charge on any atom is 0.259 e. The minimum Gasteiger partial charge on any atom is -0.466 e. The van der Waals surface area contributed by atoms with Gasteiger partial charge >= 0.3 is 0 Å². The summed E-state index contributed by atoms with van der Waals surface area (Å²) in [7, 11) is 1.96. The molecule has 0 unspecified atom stereocenters. The number of nitrogens with zero attached hydrogens (tertiary/aromatic N) is 3. The molecule has 4 saturated carbocycles. The van der Waals surface area contributed by atoms with Crippen molar-refractivity contribution in [3.05, 3.63) is 34.9 Å². The van der Waals surface area contributed by atoms with E-state index in [0.29, 0.717) is 33.5 Å². The lowest BCUT2D eigenvalue weighted by Gasteiger charge is -2.57. The third-order valence-corrected chi connectivity index (χ3v) is 8.25. The number of hydrogen-bond acceptors (Lipinski definition) is 5. The molecule has 168 valence electrons. The molecule has 4 fully saturated rings. The Morgan fingerprint density at radius 2 is 1.75 bits per heavy atom. The lowest BCUT2D eigenvalue weighted by atomic mass is 9.49. The summed E-state index contributed by atoms with van der Waals surface area (Å²) in [5.74, 6) is 4.24. The first-order chi connectivity index (χ1) is 15.3. The molecule has 0 spiro atoms. The highest BCUT2D eigenvalue weighted by atomic mass is 16.5. The van der Waals surface area contributed by atoms with Gasteiger partial charge in [-0.25, -0.2) is 4.98 Å². The fourth-order valence-electron chi connectivity index (χ4n) is 7.55. The summed E-state index contributed by atoms with van der Waals surface area (Å²) >= 11 is 0. The Labute approximate surface area is 188 Å². The lowest BCUT2D eigenvalue weighted by Crippen LogP contribution is -2.51. The predicted molar refractivity (Wildman–Crippen MR) is 121 cm³/mol. The number of carbonyl (C=O) groups excluding carboxylic acids is 1. The van der Waals surface area contributed by atoms with Crippen molar-refractivity contribution in [2.24, 2.45) is 23.2 Å². The number of fused-ring (bicyclic) bond motifs is 1. The summed E-state index contributed by atoms with van der Waals surface area (Å²) in [6, 6.07) is 3.85. The topological polar surface area (TPSA) is 72.4 Å². The second-order valence-corrected chi connectivity index (χ2v) is 10.9. The van der Waals surface area contributed by atoms with Crippen LogP contribution in [0.5, 0.6) is 0 Å². The van der Waals surface area contributed by atoms with E-state index in [1.165, 1.54) is 38.5 Å². The van der Waals surface area contributed by atoms with Gasteiger partial charge in [0.2, 0.25) is 0 Å². The molecular weight excluding hydrogens is 402 g/mol. The number of rotatable bonds is 4. The molecule has 0 N–H and O–H groups in total. The van der Waals surface area contributed by atoms with Crippen LogP contribution in [-0.2, 0) is 0 Å². The van der Waals surface area contributed by atoms with Gasteiger partial charge in [0, 0.05) is 19.2 Å². The number of aryl methyl sites for hydroxylation is 3. The maximum absolute atomic E-state index is 13.8. The standard InChI is InChI=1S/C26H31N3O3/c1-14-5-20(16(3)31-14)22-9-21(23-15(2)28-32-24(23)27-22)25(30)29(4)13-26-10-17-6-18(11-26)8-19(7-17)12-26/h5,9,17-19H,6-8,10-13H2,1-4H3. The number of aromatic nitrogens is 2. The second kappa shape index (κ2) is 6.93. The smallest absolute Gasteiger partial charge is 0.259 e. The van der Waals surface area contributed by atoms with Gasteiger partial charge in [0.25, 0.3) is 11.6 Å². The molecule has 1 amide bonds. The predicted octanol–water partition coefficient (Wildman–Crippen LogP) is 5.70. The fraction of sp³-hybridized carbons (Fsp3) is 0.577. The average molecular weight is 434 g/mol. The summed E-state index contributed by atoms with van der Waals surface area (Å²) in [6.45, 7) is 6.54. The van der Waals surface area contributed by atoms with Gasteiger partial charge in [0.1, 0.15) is 11.5 Å². The van der Waals surface area contributed by atoms with Crippen molar-refractivity contribution < 1.29 is 13.7 Å². The lowest BCUT2D eigenvalue weighted by molar-refractivity contribution is -0.0628. The largest absolute Gasteiger partial charge is 0.466 e. The van der Waals surface area contributed by atoms with Crippen molar-refractivity contribution in [2.45, 2.75) is 59.3 Å². The van der Waals surface area contributed by atoms with E-state index >= 15 is 0 Å². The van der Waals surface area contributed by atoms with Crippen LogP contribution in [0.2, 0.25) is 0 Å². The fourth-order valence-corrected chi connectivity index (χ4v) is 7.55. The van der Waals surface area contributed by atoms with E-state index in [9.17, 15) is 4.79 Å². The van der Waals surface area contributed by atoms with Gasteiger partial charge in [0.05, 0.1) is 22.3 Å². The van der Waals surface area contributed by atoms with Crippen molar-refractivity contribution in [3.63, 3.8) is 0 Å². The molecule has 4 aliphatic rings. The molecule has 0 atom stereocenters. The number of hydrogen-bond donors (Lipinski definition) is 0. The molecule has 0 radical (unpaired) electrons. The summed E-state index contributed by atoms with van der Waals surface area (Å²) in [5, 5.41) is 4.83. The highest BCUT2D eigenvalue weighted by Crippen LogP contribution is 2.60. The number of furan rings is 1. The van der Waals surface area contributed by atoms with Gasteiger partial charge in [-0.3, -0.25) is 4.79 Å². The first-order valence-corrected chi connectivity index (χ1v) is 11.9. The summed E-state index contributed by atoms with van der Waals surface area (Å²) in [4.78, 5) is 20.4. The molecule has 0 aromatic carbocycles. The molecule has 4 bridgehead atoms. The normalized spacial score (nSPS) is 28.6. The zero-order valence-corrected chi connectivity index (χ0v) is 19.4. The van der Waals surface area contributed by atoms with Crippen molar-refractivity contribution in [2.75, 3.05) is 13.6 Å². The Bertz CT molecular complexity index is 1190. The van der Waals surface area contributed by atoms with E-state index in [2.05, 4.69) is 10.1 Å². The first kappa shape index (κ1) is 20.0. The number of pyridine rings is 1. The van der Waals surface area contributed by atoms with E-state index in [1.807, 2.05) is 44.9 Å². The van der Waals surface area contributed by atoms with E-state index in [4.69, 9.17) is 8.94 Å². The molecule has 0 aliphatic heterocycles. The molecule has 3 aromatic heterocycles. The van der Waals surface area contributed by atoms with E-state index in [1.54, 1.807) is 0 Å². The Balaban J connectivity index is 1.36. The van der Waals surface area contributed by atoms with Gasteiger partial charge in [-0.15, -0.1) is 0 Å². The van der Waals surface area contributed by atoms with Crippen molar-refractivity contribution >= 4 is 17.0 Å². The van der Waals surface area contributed by atoms with Gasteiger partial charge in [0.15, 0.2) is 0 Å². The molecule has 4 aliphatic carbocycles. The van der Waals surface area contributed by atoms with Crippen LogP contribution in [-0.4, -0.2) is 34.5 Å². The van der Waals surface area contributed by atoms with Crippen LogP contribution in [0.3, 0.4) is 0 Å². The van der Waals surface area contributed by atoms with Crippen LogP contribution in [0, 0.1) is 43.9 Å². The van der Waals surface area contributed by atoms with Gasteiger partial charge in [-0.1, -0.05) is 5.16 Å². The average Bonchev–Trinajstić information content (AvgIpc) is 3.26. The quantitative estimate of drug-likeness (QED) is 0.528. The molecule has 6 heteroatoms. The summed E-state index contributed by atoms with van der Waals surface area (Å²) in [5.41, 5.74) is 3.60. The summed E-state index contributed by atoms with van der Waals surface area (Å²) in [6.07, 6.45) is 8.09. The van der Waals surface area contributed by atoms with E-state index in [-0.39, 0.29) is 5.91 Å².